The Balaban J connectivity index is 4.79. The van der Waals surface area contributed by atoms with Crippen molar-refractivity contribution in [3.05, 3.63) is 48.0 Å². The van der Waals surface area contributed by atoms with E-state index in [9.17, 15) is 0 Å². The molecule has 2 heteroatoms. The Kier molecular flexibility index (Phi) is 9.81. The van der Waals surface area contributed by atoms with Gasteiger partial charge in [-0.15, -0.1) is 0 Å². The second-order valence-corrected chi connectivity index (χ2v) is 3.88. The molecule has 0 amide bonds. The number of nitrogens with one attached hydrogen (secondary N) is 1. The second kappa shape index (κ2) is 10.7. The molecule has 0 spiro atoms. The molecule has 0 bridgehead atoms. The summed E-state index contributed by atoms with van der Waals surface area (Å²) in [5, 5.41) is 3.14. The van der Waals surface area contributed by atoms with Crippen molar-refractivity contribution in [3.8, 4) is 0 Å². The van der Waals surface area contributed by atoms with Crippen LogP contribution in [-0.4, -0.2) is 19.3 Å². The van der Waals surface area contributed by atoms with Gasteiger partial charge in [-0.25, -0.2) is 0 Å². The molecule has 18 heavy (non-hydrogen) atoms. The van der Waals surface area contributed by atoms with Crippen molar-refractivity contribution in [1.82, 2.24) is 5.32 Å². The SMILES string of the molecule is C=CC(=C=C=C(C=C)NCC)COC(CC)CC. The standard InChI is InChI=1S/C16H25NO/c1-6-14(13-18-16(8-3)9-4)11-12-15(7-2)17-10-5/h6-7,16-17H,1-2,8-10,13H2,3-5H3. The Morgan fingerprint density at radius 3 is 2.28 bits per heavy atom. The van der Waals surface area contributed by atoms with Crippen molar-refractivity contribution in [2.24, 2.45) is 0 Å². The van der Waals surface area contributed by atoms with E-state index in [0.717, 1.165) is 30.7 Å². The highest BCUT2D eigenvalue weighted by Crippen LogP contribution is 2.05. The van der Waals surface area contributed by atoms with E-state index < -0.39 is 0 Å². The molecule has 1 N–H and O–H groups in total. The molecule has 2 nitrogen and oxygen atoms in total. The predicted octanol–water partition coefficient (Wildman–Crippen LogP) is 3.74. The number of allylic oxidation sites excluding steroid dienone is 1. The molecular formula is C16H25NO. The molecule has 0 saturated carbocycles. The molecule has 0 aromatic carbocycles. The average Bonchev–Trinajstić information content (AvgIpc) is 2.41. The summed E-state index contributed by atoms with van der Waals surface area (Å²) < 4.78 is 5.75. The molecule has 100 valence electrons. The van der Waals surface area contributed by atoms with Crippen molar-refractivity contribution < 1.29 is 4.74 Å². The van der Waals surface area contributed by atoms with Crippen molar-refractivity contribution in [3.63, 3.8) is 0 Å². The van der Waals surface area contributed by atoms with Gasteiger partial charge in [0, 0.05) is 12.1 Å². The van der Waals surface area contributed by atoms with Crippen LogP contribution in [0.15, 0.2) is 48.0 Å². The van der Waals surface area contributed by atoms with Crippen molar-refractivity contribution in [2.45, 2.75) is 39.7 Å². The zero-order valence-electron chi connectivity index (χ0n) is 11.9. The van der Waals surface area contributed by atoms with Crippen LogP contribution in [0.2, 0.25) is 0 Å². The summed E-state index contributed by atoms with van der Waals surface area (Å²) in [6.07, 6.45) is 5.82. The average molecular weight is 247 g/mol. The van der Waals surface area contributed by atoms with Crippen LogP contribution < -0.4 is 5.32 Å². The van der Waals surface area contributed by atoms with Gasteiger partial charge < -0.3 is 10.1 Å². The molecule has 0 aliphatic carbocycles. The van der Waals surface area contributed by atoms with Crippen LogP contribution in [0.1, 0.15) is 33.6 Å². The first-order chi connectivity index (χ1) is 8.71. The molecule has 0 aliphatic rings. The van der Waals surface area contributed by atoms with Crippen LogP contribution in [0.4, 0.5) is 0 Å². The Labute approximate surface area is 111 Å². The van der Waals surface area contributed by atoms with Gasteiger partial charge in [0.05, 0.1) is 18.4 Å². The van der Waals surface area contributed by atoms with Crippen molar-refractivity contribution in [2.75, 3.05) is 13.2 Å². The maximum absolute atomic E-state index is 5.75. The van der Waals surface area contributed by atoms with Crippen LogP contribution in [0.3, 0.4) is 0 Å². The highest BCUT2D eigenvalue weighted by molar-refractivity contribution is 5.20. The first-order valence-electron chi connectivity index (χ1n) is 6.56. The molecule has 0 unspecified atom stereocenters. The highest BCUT2D eigenvalue weighted by Gasteiger charge is 2.03. The minimum atomic E-state index is 0.304. The quantitative estimate of drug-likeness (QED) is 0.495. The van der Waals surface area contributed by atoms with Crippen LogP contribution in [0, 0.1) is 0 Å². The summed E-state index contributed by atoms with van der Waals surface area (Å²) in [5.41, 5.74) is 7.83. The molecule has 0 heterocycles. The summed E-state index contributed by atoms with van der Waals surface area (Å²) in [7, 11) is 0. The maximum atomic E-state index is 5.75. The van der Waals surface area contributed by atoms with Crippen LogP contribution in [-0.2, 0) is 4.74 Å². The normalized spacial score (nSPS) is 9.33. The van der Waals surface area contributed by atoms with Gasteiger partial charge in [0.25, 0.3) is 0 Å². The summed E-state index contributed by atoms with van der Waals surface area (Å²) in [6, 6.07) is 0. The summed E-state index contributed by atoms with van der Waals surface area (Å²) >= 11 is 0. The third-order valence-electron chi connectivity index (χ3n) is 2.56. The van der Waals surface area contributed by atoms with Crippen LogP contribution in [0.5, 0.6) is 0 Å². The molecule has 0 aromatic rings. The Morgan fingerprint density at radius 2 is 1.83 bits per heavy atom. The van der Waals surface area contributed by atoms with E-state index in [0.29, 0.717) is 12.7 Å². The first kappa shape index (κ1) is 16.5. The molecule has 0 aromatic heterocycles. The van der Waals surface area contributed by atoms with E-state index in [2.05, 4.69) is 43.8 Å². The molecule has 0 saturated heterocycles. The lowest BCUT2D eigenvalue weighted by Crippen LogP contribution is -2.11. The van der Waals surface area contributed by atoms with Crippen molar-refractivity contribution in [1.29, 1.82) is 0 Å². The molecule has 0 rings (SSSR count). The third-order valence-corrected chi connectivity index (χ3v) is 2.56. The predicted molar refractivity (Wildman–Crippen MR) is 78.4 cm³/mol. The molecule has 0 aliphatic heterocycles. The van der Waals surface area contributed by atoms with E-state index in [1.54, 1.807) is 12.2 Å². The van der Waals surface area contributed by atoms with Gasteiger partial charge in [0.15, 0.2) is 0 Å². The number of likely N-dealkylation sites (N-methyl/N-ethyl adjacent to an activating group) is 1. The van der Waals surface area contributed by atoms with Crippen LogP contribution in [0.25, 0.3) is 0 Å². The van der Waals surface area contributed by atoms with E-state index in [4.69, 9.17) is 4.74 Å². The summed E-state index contributed by atoms with van der Waals surface area (Å²) in [4.78, 5) is 0. The van der Waals surface area contributed by atoms with Gasteiger partial charge in [0.1, 0.15) is 0 Å². The largest absolute Gasteiger partial charge is 0.379 e. The number of hydrogen-bond donors (Lipinski definition) is 1. The fraction of sp³-hybridized carbons (Fsp3) is 0.500. The Hall–Kier alpha value is -1.46. The second-order valence-electron chi connectivity index (χ2n) is 3.88. The summed E-state index contributed by atoms with van der Waals surface area (Å²) in [6.45, 7) is 15.1. The molecular weight excluding hydrogens is 222 g/mol. The molecule has 0 fully saturated rings. The third kappa shape index (κ3) is 6.98. The van der Waals surface area contributed by atoms with Crippen LogP contribution >= 0.6 is 0 Å². The minimum Gasteiger partial charge on any atom is -0.379 e. The van der Waals surface area contributed by atoms with E-state index >= 15 is 0 Å². The van der Waals surface area contributed by atoms with Gasteiger partial charge in [0.2, 0.25) is 0 Å². The fourth-order valence-corrected chi connectivity index (χ4v) is 1.38. The fourth-order valence-electron chi connectivity index (χ4n) is 1.38. The first-order valence-corrected chi connectivity index (χ1v) is 6.56. The monoisotopic (exact) mass is 247 g/mol. The Morgan fingerprint density at radius 1 is 1.17 bits per heavy atom. The Bertz CT molecular complexity index is 351. The molecule has 0 radical (unpaired) electrons. The number of rotatable bonds is 9. The lowest BCUT2D eigenvalue weighted by atomic mass is 10.2. The number of hydrogen-bond acceptors (Lipinski definition) is 2. The van der Waals surface area contributed by atoms with Gasteiger partial charge in [-0.05, 0) is 31.6 Å². The lowest BCUT2D eigenvalue weighted by Gasteiger charge is -2.12. The summed E-state index contributed by atoms with van der Waals surface area (Å²) in [5.74, 6) is 0. The van der Waals surface area contributed by atoms with E-state index in [1.165, 1.54) is 0 Å². The lowest BCUT2D eigenvalue weighted by molar-refractivity contribution is 0.0657. The van der Waals surface area contributed by atoms with Gasteiger partial charge >= 0.3 is 0 Å². The van der Waals surface area contributed by atoms with E-state index in [1.807, 2.05) is 6.92 Å². The minimum absolute atomic E-state index is 0.304. The van der Waals surface area contributed by atoms with Crippen molar-refractivity contribution >= 4 is 0 Å². The van der Waals surface area contributed by atoms with E-state index in [-0.39, 0.29) is 0 Å². The zero-order chi connectivity index (χ0) is 13.8. The number of ether oxygens (including phenoxy) is 1. The topological polar surface area (TPSA) is 21.3 Å². The van der Waals surface area contributed by atoms with Gasteiger partial charge in [-0.3, -0.25) is 0 Å². The van der Waals surface area contributed by atoms with Gasteiger partial charge in [-0.1, -0.05) is 38.8 Å². The zero-order valence-corrected chi connectivity index (χ0v) is 11.9. The smallest absolute Gasteiger partial charge is 0.0850 e. The maximum Gasteiger partial charge on any atom is 0.0850 e. The molecule has 0 atom stereocenters. The highest BCUT2D eigenvalue weighted by atomic mass is 16.5. The van der Waals surface area contributed by atoms with Gasteiger partial charge in [-0.2, -0.15) is 0 Å².